The smallest absolute Gasteiger partial charge is 0.251 e. The van der Waals surface area contributed by atoms with Crippen LogP contribution in [0.3, 0.4) is 0 Å². The van der Waals surface area contributed by atoms with Crippen LogP contribution in [0.4, 0.5) is 5.69 Å². The van der Waals surface area contributed by atoms with Crippen molar-refractivity contribution in [2.24, 2.45) is 5.92 Å². The number of halogens is 1. The molecule has 0 aliphatic heterocycles. The molecule has 2 amide bonds. The average molecular weight is 283 g/mol. The number of aryl methyl sites for hydroxylation is 1. The number of nitrogens with one attached hydrogen (secondary N) is 2. The van der Waals surface area contributed by atoms with E-state index >= 15 is 0 Å². The number of carbonyl (C=O) groups is 2. The highest BCUT2D eigenvalue weighted by Gasteiger charge is 2.14. The Hall–Kier alpha value is -1.55. The summed E-state index contributed by atoms with van der Waals surface area (Å²) in [5.41, 5.74) is 2.08. The largest absolute Gasteiger partial charge is 0.352 e. The van der Waals surface area contributed by atoms with Gasteiger partial charge in [0.05, 0.1) is 0 Å². The summed E-state index contributed by atoms with van der Waals surface area (Å²) in [7, 11) is 0. The van der Waals surface area contributed by atoms with Crippen molar-refractivity contribution < 1.29 is 9.59 Å². The lowest BCUT2D eigenvalue weighted by molar-refractivity contribution is -0.118. The first-order valence-electron chi connectivity index (χ1n) is 6.25. The molecular formula is C14H19ClN2O2. The SMILES string of the molecule is CCNC(=O)c1ccc(C)c(NC(=O)C(C)CCl)c1. The zero-order valence-electron chi connectivity index (χ0n) is 11.4. The van der Waals surface area contributed by atoms with Gasteiger partial charge in [0.2, 0.25) is 5.91 Å². The number of hydrogen-bond acceptors (Lipinski definition) is 2. The molecule has 1 atom stereocenters. The van der Waals surface area contributed by atoms with Gasteiger partial charge in [-0.1, -0.05) is 13.0 Å². The second kappa shape index (κ2) is 7.14. The lowest BCUT2D eigenvalue weighted by Crippen LogP contribution is -2.24. The molecule has 1 rings (SSSR count). The van der Waals surface area contributed by atoms with E-state index in [4.69, 9.17) is 11.6 Å². The molecule has 2 N–H and O–H groups in total. The number of amides is 2. The van der Waals surface area contributed by atoms with Crippen LogP contribution in [-0.2, 0) is 4.79 Å². The highest BCUT2D eigenvalue weighted by atomic mass is 35.5. The third kappa shape index (κ3) is 4.24. The van der Waals surface area contributed by atoms with Gasteiger partial charge in [0.15, 0.2) is 0 Å². The van der Waals surface area contributed by atoms with Crippen LogP contribution in [0, 0.1) is 12.8 Å². The fourth-order valence-corrected chi connectivity index (χ4v) is 1.63. The zero-order valence-corrected chi connectivity index (χ0v) is 12.2. The van der Waals surface area contributed by atoms with Crippen molar-refractivity contribution in [2.75, 3.05) is 17.7 Å². The van der Waals surface area contributed by atoms with Crippen LogP contribution in [0.1, 0.15) is 29.8 Å². The maximum atomic E-state index is 11.8. The maximum Gasteiger partial charge on any atom is 0.251 e. The standard InChI is InChI=1S/C14H19ClN2O2/c1-4-16-14(19)11-6-5-9(2)12(7-11)17-13(18)10(3)8-15/h5-7,10H,4,8H2,1-3H3,(H,16,19)(H,17,18). The summed E-state index contributed by atoms with van der Waals surface area (Å²) >= 11 is 5.65. The summed E-state index contributed by atoms with van der Waals surface area (Å²) in [5.74, 6) is -0.301. The molecule has 19 heavy (non-hydrogen) atoms. The summed E-state index contributed by atoms with van der Waals surface area (Å²) in [5, 5.41) is 5.52. The molecule has 0 saturated heterocycles. The molecule has 0 fully saturated rings. The molecule has 5 heteroatoms. The van der Waals surface area contributed by atoms with Gasteiger partial charge in [-0.25, -0.2) is 0 Å². The molecule has 0 heterocycles. The number of rotatable bonds is 5. The van der Waals surface area contributed by atoms with Gasteiger partial charge in [0, 0.05) is 29.6 Å². The Morgan fingerprint density at radius 1 is 1.37 bits per heavy atom. The van der Waals surface area contributed by atoms with Crippen molar-refractivity contribution in [1.82, 2.24) is 5.32 Å². The van der Waals surface area contributed by atoms with E-state index < -0.39 is 0 Å². The van der Waals surface area contributed by atoms with E-state index in [2.05, 4.69) is 10.6 Å². The lowest BCUT2D eigenvalue weighted by atomic mass is 10.1. The monoisotopic (exact) mass is 282 g/mol. The second-order valence-corrected chi connectivity index (χ2v) is 4.74. The molecule has 1 unspecified atom stereocenters. The van der Waals surface area contributed by atoms with Crippen LogP contribution < -0.4 is 10.6 Å². The van der Waals surface area contributed by atoms with E-state index in [1.807, 2.05) is 19.9 Å². The molecular weight excluding hydrogens is 264 g/mol. The van der Waals surface area contributed by atoms with Gasteiger partial charge in [-0.2, -0.15) is 0 Å². The van der Waals surface area contributed by atoms with Gasteiger partial charge in [0.25, 0.3) is 5.91 Å². The summed E-state index contributed by atoms with van der Waals surface area (Å²) in [6.07, 6.45) is 0. The number of carbonyl (C=O) groups excluding carboxylic acids is 2. The van der Waals surface area contributed by atoms with Crippen LogP contribution in [0.2, 0.25) is 0 Å². The Kier molecular flexibility index (Phi) is 5.83. The van der Waals surface area contributed by atoms with Crippen molar-refractivity contribution in [2.45, 2.75) is 20.8 Å². The first-order valence-corrected chi connectivity index (χ1v) is 6.78. The molecule has 0 aromatic heterocycles. The predicted molar refractivity (Wildman–Crippen MR) is 77.7 cm³/mol. The predicted octanol–water partition coefficient (Wildman–Crippen LogP) is 2.56. The van der Waals surface area contributed by atoms with Gasteiger partial charge in [-0.15, -0.1) is 11.6 Å². The fourth-order valence-electron chi connectivity index (χ4n) is 1.49. The summed E-state index contributed by atoms with van der Waals surface area (Å²) in [4.78, 5) is 23.5. The molecule has 0 aliphatic carbocycles. The molecule has 0 bridgehead atoms. The Morgan fingerprint density at radius 3 is 2.63 bits per heavy atom. The molecule has 0 aliphatic rings. The molecule has 104 valence electrons. The van der Waals surface area contributed by atoms with Gasteiger partial charge >= 0.3 is 0 Å². The highest BCUT2D eigenvalue weighted by Crippen LogP contribution is 2.18. The zero-order chi connectivity index (χ0) is 14.4. The molecule has 0 spiro atoms. The summed E-state index contributed by atoms with van der Waals surface area (Å²) in [6.45, 7) is 6.06. The molecule has 4 nitrogen and oxygen atoms in total. The van der Waals surface area contributed by atoms with Crippen molar-refractivity contribution in [1.29, 1.82) is 0 Å². The van der Waals surface area contributed by atoms with Gasteiger partial charge in [-0.05, 0) is 31.5 Å². The third-order valence-electron chi connectivity index (χ3n) is 2.77. The minimum atomic E-state index is -0.269. The van der Waals surface area contributed by atoms with Crippen LogP contribution in [0.25, 0.3) is 0 Å². The van der Waals surface area contributed by atoms with E-state index in [0.717, 1.165) is 5.56 Å². The minimum absolute atomic E-state index is 0.147. The number of anilines is 1. The Labute approximate surface area is 118 Å². The Bertz CT molecular complexity index is 475. The Morgan fingerprint density at radius 2 is 2.05 bits per heavy atom. The van der Waals surface area contributed by atoms with Gasteiger partial charge in [0.1, 0.15) is 0 Å². The van der Waals surface area contributed by atoms with Gasteiger partial charge < -0.3 is 10.6 Å². The van der Waals surface area contributed by atoms with Crippen molar-refractivity contribution in [3.05, 3.63) is 29.3 Å². The second-order valence-electron chi connectivity index (χ2n) is 4.43. The molecule has 0 saturated carbocycles. The topological polar surface area (TPSA) is 58.2 Å². The van der Waals surface area contributed by atoms with Gasteiger partial charge in [-0.3, -0.25) is 9.59 Å². The van der Waals surface area contributed by atoms with E-state index in [9.17, 15) is 9.59 Å². The number of alkyl halides is 1. The van der Waals surface area contributed by atoms with Crippen molar-refractivity contribution in [3.63, 3.8) is 0 Å². The molecule has 1 aromatic rings. The van der Waals surface area contributed by atoms with Crippen LogP contribution in [-0.4, -0.2) is 24.2 Å². The van der Waals surface area contributed by atoms with E-state index in [1.165, 1.54) is 0 Å². The molecule has 1 aromatic carbocycles. The first-order chi connectivity index (χ1) is 8.99. The number of benzene rings is 1. The third-order valence-corrected chi connectivity index (χ3v) is 3.24. The Balaban J connectivity index is 2.91. The quantitative estimate of drug-likeness (QED) is 0.816. The van der Waals surface area contributed by atoms with E-state index in [-0.39, 0.29) is 23.6 Å². The van der Waals surface area contributed by atoms with Crippen molar-refractivity contribution >= 4 is 29.1 Å². The lowest BCUT2D eigenvalue weighted by Gasteiger charge is -2.13. The number of hydrogen-bond donors (Lipinski definition) is 2. The summed E-state index contributed by atoms with van der Waals surface area (Å²) < 4.78 is 0. The van der Waals surface area contributed by atoms with Crippen LogP contribution >= 0.6 is 11.6 Å². The maximum absolute atomic E-state index is 11.8. The first kappa shape index (κ1) is 15.5. The minimum Gasteiger partial charge on any atom is -0.352 e. The average Bonchev–Trinajstić information content (AvgIpc) is 2.40. The van der Waals surface area contributed by atoms with E-state index in [1.54, 1.807) is 19.1 Å². The highest BCUT2D eigenvalue weighted by molar-refractivity contribution is 6.19. The van der Waals surface area contributed by atoms with Crippen molar-refractivity contribution in [3.8, 4) is 0 Å². The normalized spacial score (nSPS) is 11.8. The van der Waals surface area contributed by atoms with Crippen LogP contribution in [0.5, 0.6) is 0 Å². The van der Waals surface area contributed by atoms with Crippen LogP contribution in [0.15, 0.2) is 18.2 Å². The molecule has 0 radical (unpaired) electrons. The summed E-state index contributed by atoms with van der Waals surface area (Å²) in [6, 6.07) is 5.23. The van der Waals surface area contributed by atoms with E-state index in [0.29, 0.717) is 17.8 Å². The fraction of sp³-hybridized carbons (Fsp3) is 0.429.